The number of likely N-dealkylation sites (tertiary alicyclic amines) is 1. The number of carbonyl (C=O) groups is 2. The molecule has 5 nitrogen and oxygen atoms in total. The van der Waals surface area contributed by atoms with Crippen LogP contribution in [0.2, 0.25) is 0 Å². The lowest BCUT2D eigenvalue weighted by atomic mass is 9.98. The highest BCUT2D eigenvalue weighted by atomic mass is 16.6. The van der Waals surface area contributed by atoms with Gasteiger partial charge in [-0.25, -0.2) is 4.79 Å². The third-order valence-corrected chi connectivity index (χ3v) is 6.17. The van der Waals surface area contributed by atoms with E-state index in [9.17, 15) is 9.59 Å². The highest BCUT2D eigenvalue weighted by molar-refractivity contribution is 5.96. The first-order valence-electron chi connectivity index (χ1n) is 10.7. The molecular weight excluding hydrogens is 388 g/mol. The largest absolute Gasteiger partial charge is 0.448 e. The van der Waals surface area contributed by atoms with Gasteiger partial charge in [0.25, 0.3) is 0 Å². The first kappa shape index (κ1) is 19.4. The Balaban J connectivity index is 1.28. The van der Waals surface area contributed by atoms with E-state index in [1.807, 2.05) is 54.6 Å². The molecule has 5 heteroatoms. The molecule has 31 heavy (non-hydrogen) atoms. The van der Waals surface area contributed by atoms with E-state index in [4.69, 9.17) is 4.74 Å². The van der Waals surface area contributed by atoms with E-state index in [1.54, 1.807) is 4.90 Å². The Bertz CT molecular complexity index is 1070. The van der Waals surface area contributed by atoms with Crippen LogP contribution < -0.4 is 5.32 Å². The highest BCUT2D eigenvalue weighted by Gasteiger charge is 2.36. The molecule has 1 aliphatic heterocycles. The van der Waals surface area contributed by atoms with E-state index < -0.39 is 12.1 Å². The van der Waals surface area contributed by atoms with Crippen LogP contribution in [0.1, 0.15) is 29.9 Å². The molecular formula is C26H24N2O3. The van der Waals surface area contributed by atoms with E-state index in [-0.39, 0.29) is 18.4 Å². The quantitative estimate of drug-likeness (QED) is 0.653. The zero-order valence-electron chi connectivity index (χ0n) is 17.2. The van der Waals surface area contributed by atoms with Crippen molar-refractivity contribution in [3.05, 3.63) is 90.0 Å². The normalized spacial score (nSPS) is 17.2. The molecule has 3 aromatic rings. The molecule has 0 saturated carbocycles. The van der Waals surface area contributed by atoms with Crippen molar-refractivity contribution >= 4 is 17.7 Å². The van der Waals surface area contributed by atoms with Crippen LogP contribution in [0.25, 0.3) is 11.1 Å². The number of nitrogens with one attached hydrogen (secondary N) is 1. The van der Waals surface area contributed by atoms with Crippen LogP contribution in [0.5, 0.6) is 0 Å². The molecule has 0 radical (unpaired) electrons. The third-order valence-electron chi connectivity index (χ3n) is 6.17. The fourth-order valence-corrected chi connectivity index (χ4v) is 4.68. The Morgan fingerprint density at radius 2 is 1.48 bits per heavy atom. The van der Waals surface area contributed by atoms with Crippen molar-refractivity contribution in [1.82, 2.24) is 4.90 Å². The minimum Gasteiger partial charge on any atom is -0.448 e. The summed E-state index contributed by atoms with van der Waals surface area (Å²) in [6, 6.07) is 25.3. The minimum absolute atomic E-state index is 0.00977. The van der Waals surface area contributed by atoms with Gasteiger partial charge in [-0.3, -0.25) is 9.69 Å². The number of hydrogen-bond acceptors (Lipinski definition) is 3. The monoisotopic (exact) mass is 412 g/mol. The van der Waals surface area contributed by atoms with Crippen molar-refractivity contribution in [3.63, 3.8) is 0 Å². The predicted octanol–water partition coefficient (Wildman–Crippen LogP) is 5.04. The number of fused-ring (bicyclic) bond motifs is 3. The van der Waals surface area contributed by atoms with E-state index in [0.29, 0.717) is 13.0 Å². The Hall–Kier alpha value is -3.60. The van der Waals surface area contributed by atoms with Crippen LogP contribution in [-0.2, 0) is 9.53 Å². The molecule has 1 atom stereocenters. The van der Waals surface area contributed by atoms with Gasteiger partial charge in [-0.05, 0) is 47.2 Å². The number of para-hydroxylation sites is 1. The Kier molecular flexibility index (Phi) is 5.16. The van der Waals surface area contributed by atoms with Gasteiger partial charge in [0, 0.05) is 18.2 Å². The Labute approximate surface area is 181 Å². The van der Waals surface area contributed by atoms with Crippen molar-refractivity contribution < 1.29 is 14.3 Å². The molecule has 2 amide bonds. The van der Waals surface area contributed by atoms with Crippen LogP contribution in [0.15, 0.2) is 78.9 Å². The second kappa shape index (κ2) is 8.26. The van der Waals surface area contributed by atoms with Gasteiger partial charge in [0.2, 0.25) is 5.91 Å². The maximum atomic E-state index is 12.9. The molecule has 0 bridgehead atoms. The van der Waals surface area contributed by atoms with Crippen LogP contribution in [-0.4, -0.2) is 36.1 Å². The fourth-order valence-electron chi connectivity index (χ4n) is 4.68. The number of rotatable bonds is 4. The number of nitrogens with zero attached hydrogens (tertiary/aromatic N) is 1. The number of ether oxygens (including phenoxy) is 1. The summed E-state index contributed by atoms with van der Waals surface area (Å²) in [5, 5.41) is 2.90. The minimum atomic E-state index is -0.504. The topological polar surface area (TPSA) is 58.6 Å². The van der Waals surface area contributed by atoms with Crippen LogP contribution in [0.4, 0.5) is 10.5 Å². The molecule has 156 valence electrons. The van der Waals surface area contributed by atoms with E-state index in [2.05, 4.69) is 29.6 Å². The number of hydrogen-bond donors (Lipinski definition) is 1. The SMILES string of the molecule is O=C(Nc1ccccc1)[C@@H]1CCCN1C(=O)OCC1c2ccccc2-c2ccccc21. The molecule has 1 aliphatic carbocycles. The van der Waals surface area contributed by atoms with Crippen LogP contribution in [0, 0.1) is 0 Å². The third kappa shape index (κ3) is 3.67. The predicted molar refractivity (Wildman–Crippen MR) is 120 cm³/mol. The molecule has 1 fully saturated rings. The van der Waals surface area contributed by atoms with Crippen LogP contribution >= 0.6 is 0 Å². The summed E-state index contributed by atoms with van der Waals surface area (Å²) >= 11 is 0. The van der Waals surface area contributed by atoms with Gasteiger partial charge in [-0.1, -0.05) is 66.7 Å². The average Bonchev–Trinajstić information content (AvgIpc) is 3.42. The van der Waals surface area contributed by atoms with Gasteiger partial charge in [-0.2, -0.15) is 0 Å². The number of anilines is 1. The molecule has 2 aliphatic rings. The number of benzene rings is 3. The summed E-state index contributed by atoms with van der Waals surface area (Å²) in [6.07, 6.45) is 1.01. The summed E-state index contributed by atoms with van der Waals surface area (Å²) < 4.78 is 5.76. The van der Waals surface area contributed by atoms with Crippen molar-refractivity contribution in [2.24, 2.45) is 0 Å². The van der Waals surface area contributed by atoms with Crippen LogP contribution in [0.3, 0.4) is 0 Å². The summed E-state index contributed by atoms with van der Waals surface area (Å²) in [4.78, 5) is 27.2. The molecule has 0 spiro atoms. The van der Waals surface area contributed by atoms with E-state index in [0.717, 1.165) is 12.1 Å². The van der Waals surface area contributed by atoms with Gasteiger partial charge in [-0.15, -0.1) is 0 Å². The summed E-state index contributed by atoms with van der Waals surface area (Å²) in [6.45, 7) is 0.792. The molecule has 1 heterocycles. The zero-order valence-corrected chi connectivity index (χ0v) is 17.2. The standard InChI is InChI=1S/C26H24N2O3/c29-25(27-18-9-2-1-3-10-18)24-15-8-16-28(24)26(30)31-17-23-21-13-6-4-11-19(21)20-12-5-7-14-22(20)23/h1-7,9-14,23-24H,8,15-17H2,(H,27,29)/t24-/m0/s1. The second-order valence-corrected chi connectivity index (χ2v) is 8.01. The zero-order chi connectivity index (χ0) is 21.2. The molecule has 3 aromatic carbocycles. The molecule has 0 unspecified atom stereocenters. The Morgan fingerprint density at radius 1 is 0.871 bits per heavy atom. The van der Waals surface area contributed by atoms with Gasteiger partial charge in [0.05, 0.1) is 0 Å². The van der Waals surface area contributed by atoms with Crippen molar-refractivity contribution in [1.29, 1.82) is 0 Å². The van der Waals surface area contributed by atoms with E-state index in [1.165, 1.54) is 22.3 Å². The maximum Gasteiger partial charge on any atom is 0.410 e. The summed E-state index contributed by atoms with van der Waals surface area (Å²) in [5.74, 6) is -0.159. The van der Waals surface area contributed by atoms with Gasteiger partial charge < -0.3 is 10.1 Å². The van der Waals surface area contributed by atoms with Gasteiger partial charge >= 0.3 is 6.09 Å². The highest BCUT2D eigenvalue weighted by Crippen LogP contribution is 2.44. The molecule has 0 aromatic heterocycles. The fraction of sp³-hybridized carbons (Fsp3) is 0.231. The molecule has 1 saturated heterocycles. The summed E-state index contributed by atoms with van der Waals surface area (Å²) in [7, 11) is 0. The molecule has 5 rings (SSSR count). The number of amides is 2. The lowest BCUT2D eigenvalue weighted by Crippen LogP contribution is -2.43. The lowest BCUT2D eigenvalue weighted by molar-refractivity contribution is -0.120. The lowest BCUT2D eigenvalue weighted by Gasteiger charge is -2.24. The Morgan fingerprint density at radius 3 is 2.16 bits per heavy atom. The summed E-state index contributed by atoms with van der Waals surface area (Å²) in [5.41, 5.74) is 5.47. The first-order valence-corrected chi connectivity index (χ1v) is 10.7. The van der Waals surface area contributed by atoms with E-state index >= 15 is 0 Å². The smallest absolute Gasteiger partial charge is 0.410 e. The number of carbonyl (C=O) groups excluding carboxylic acids is 2. The van der Waals surface area contributed by atoms with Gasteiger partial charge in [0.15, 0.2) is 0 Å². The average molecular weight is 412 g/mol. The van der Waals surface area contributed by atoms with Crippen molar-refractivity contribution in [2.45, 2.75) is 24.8 Å². The van der Waals surface area contributed by atoms with Gasteiger partial charge in [0.1, 0.15) is 12.6 Å². The molecule has 1 N–H and O–H groups in total. The second-order valence-electron chi connectivity index (χ2n) is 8.01. The van der Waals surface area contributed by atoms with Crippen molar-refractivity contribution in [3.8, 4) is 11.1 Å². The first-order chi connectivity index (χ1) is 15.2. The maximum absolute atomic E-state index is 12.9. The van der Waals surface area contributed by atoms with Crippen molar-refractivity contribution in [2.75, 3.05) is 18.5 Å².